The molecule has 0 saturated carbocycles. The molecule has 2 amide bonds. The molecule has 0 unspecified atom stereocenters. The topological polar surface area (TPSA) is 80.2 Å². The number of carbonyl (C=O) groups excluding carboxylic acids is 2. The van der Waals surface area contributed by atoms with Crippen molar-refractivity contribution in [3.05, 3.63) is 29.6 Å². The van der Waals surface area contributed by atoms with E-state index in [4.69, 9.17) is 9.47 Å². The molecule has 7 nitrogen and oxygen atoms in total. The number of carbonyl (C=O) groups is 2. The molecule has 3 rings (SSSR count). The van der Waals surface area contributed by atoms with Crippen molar-refractivity contribution in [1.29, 1.82) is 0 Å². The van der Waals surface area contributed by atoms with E-state index in [2.05, 4.69) is 10.5 Å². The number of likely N-dealkylation sites (tertiary alicyclic amines) is 1. The number of halogens is 1. The molecule has 1 saturated heterocycles. The predicted molar refractivity (Wildman–Crippen MR) is 102 cm³/mol. The SMILES string of the molecule is CC(C)(C)OC(=O)N1CCC(Oc2ccc(C3=NNC(=O)CC3)c(F)c2)CC1. The van der Waals surface area contributed by atoms with Crippen LogP contribution in [0.25, 0.3) is 0 Å². The van der Waals surface area contributed by atoms with Gasteiger partial charge in [-0.05, 0) is 32.9 Å². The number of piperidine rings is 1. The lowest BCUT2D eigenvalue weighted by Gasteiger charge is -2.33. The van der Waals surface area contributed by atoms with Crippen LogP contribution < -0.4 is 10.2 Å². The molecule has 0 radical (unpaired) electrons. The Kier molecular flexibility index (Phi) is 5.86. The molecule has 0 bridgehead atoms. The van der Waals surface area contributed by atoms with Crippen LogP contribution >= 0.6 is 0 Å². The summed E-state index contributed by atoms with van der Waals surface area (Å²) >= 11 is 0. The van der Waals surface area contributed by atoms with Gasteiger partial charge in [0.15, 0.2) is 0 Å². The van der Waals surface area contributed by atoms with E-state index in [1.54, 1.807) is 17.0 Å². The quantitative estimate of drug-likeness (QED) is 0.858. The first-order valence-corrected chi connectivity index (χ1v) is 9.51. The second-order valence-corrected chi connectivity index (χ2v) is 8.02. The molecule has 2 heterocycles. The maximum absolute atomic E-state index is 14.5. The minimum absolute atomic E-state index is 0.0877. The zero-order valence-electron chi connectivity index (χ0n) is 16.5. The first-order chi connectivity index (χ1) is 13.2. The van der Waals surface area contributed by atoms with Crippen molar-refractivity contribution in [1.82, 2.24) is 10.3 Å². The Morgan fingerprint density at radius 2 is 1.96 bits per heavy atom. The Balaban J connectivity index is 1.55. The van der Waals surface area contributed by atoms with Crippen LogP contribution in [0.5, 0.6) is 5.75 Å². The highest BCUT2D eigenvalue weighted by atomic mass is 19.1. The summed E-state index contributed by atoms with van der Waals surface area (Å²) < 4.78 is 25.7. The van der Waals surface area contributed by atoms with Crippen molar-refractivity contribution in [3.8, 4) is 5.75 Å². The standard InChI is InChI=1S/C20H26FN3O4/c1-20(2,3)28-19(26)24-10-8-13(9-11-24)27-14-4-5-15(16(21)12-14)17-6-7-18(25)23-22-17/h4-5,12-13H,6-11H2,1-3H3,(H,23,25). The number of rotatable bonds is 3. The smallest absolute Gasteiger partial charge is 0.410 e. The van der Waals surface area contributed by atoms with Crippen molar-refractivity contribution >= 4 is 17.7 Å². The monoisotopic (exact) mass is 391 g/mol. The molecule has 1 N–H and O–H groups in total. The summed E-state index contributed by atoms with van der Waals surface area (Å²) in [5, 5.41) is 3.92. The predicted octanol–water partition coefficient (Wildman–Crippen LogP) is 3.22. The van der Waals surface area contributed by atoms with Gasteiger partial charge >= 0.3 is 6.09 Å². The summed E-state index contributed by atoms with van der Waals surface area (Å²) in [5.74, 6) is -0.155. The number of hydrogen-bond acceptors (Lipinski definition) is 5. The van der Waals surface area contributed by atoms with Gasteiger partial charge < -0.3 is 14.4 Å². The van der Waals surface area contributed by atoms with Gasteiger partial charge in [0.05, 0.1) is 5.71 Å². The largest absolute Gasteiger partial charge is 0.490 e. The van der Waals surface area contributed by atoms with E-state index in [1.807, 2.05) is 20.8 Å². The molecule has 1 aromatic rings. The maximum Gasteiger partial charge on any atom is 0.410 e. The fraction of sp³-hybridized carbons (Fsp3) is 0.550. The normalized spacial score (nSPS) is 18.4. The van der Waals surface area contributed by atoms with Crippen LogP contribution in [0.4, 0.5) is 9.18 Å². The third-order valence-corrected chi connectivity index (χ3v) is 4.55. The lowest BCUT2D eigenvalue weighted by Crippen LogP contribution is -2.44. The van der Waals surface area contributed by atoms with Gasteiger partial charge in [-0.2, -0.15) is 5.10 Å². The zero-order valence-corrected chi connectivity index (χ0v) is 16.5. The summed E-state index contributed by atoms with van der Waals surface area (Å²) in [6.07, 6.45) is 1.61. The molecule has 1 fully saturated rings. The second-order valence-electron chi connectivity index (χ2n) is 8.02. The van der Waals surface area contributed by atoms with E-state index < -0.39 is 11.4 Å². The van der Waals surface area contributed by atoms with Gasteiger partial charge in [-0.3, -0.25) is 4.79 Å². The molecule has 0 atom stereocenters. The third-order valence-electron chi connectivity index (χ3n) is 4.55. The molecule has 2 aliphatic heterocycles. The van der Waals surface area contributed by atoms with Gasteiger partial charge in [0.1, 0.15) is 23.3 Å². The van der Waals surface area contributed by atoms with E-state index in [1.165, 1.54) is 6.07 Å². The minimum Gasteiger partial charge on any atom is -0.490 e. The average molecular weight is 391 g/mol. The Morgan fingerprint density at radius 1 is 1.25 bits per heavy atom. The summed E-state index contributed by atoms with van der Waals surface area (Å²) in [5.41, 5.74) is 2.75. The lowest BCUT2D eigenvalue weighted by atomic mass is 10.0. The number of ether oxygens (including phenoxy) is 2. The first kappa shape index (κ1) is 20.1. The number of hydrazone groups is 1. The van der Waals surface area contributed by atoms with Crippen LogP contribution in [0.2, 0.25) is 0 Å². The average Bonchev–Trinajstić information content (AvgIpc) is 2.62. The number of nitrogens with zero attached hydrogens (tertiary/aromatic N) is 2. The number of amides is 2. The van der Waals surface area contributed by atoms with Gasteiger partial charge in [0.25, 0.3) is 0 Å². The third kappa shape index (κ3) is 5.21. The summed E-state index contributed by atoms with van der Waals surface area (Å²) in [6.45, 7) is 6.59. The number of nitrogens with one attached hydrogen (secondary N) is 1. The fourth-order valence-electron chi connectivity index (χ4n) is 3.15. The van der Waals surface area contributed by atoms with Crippen LogP contribution in [-0.2, 0) is 9.53 Å². The molecular formula is C20H26FN3O4. The number of benzene rings is 1. The molecule has 2 aliphatic rings. The van der Waals surface area contributed by atoms with E-state index in [0.717, 1.165) is 0 Å². The lowest BCUT2D eigenvalue weighted by molar-refractivity contribution is -0.121. The second kappa shape index (κ2) is 8.16. The van der Waals surface area contributed by atoms with Crippen molar-refractivity contribution in [2.75, 3.05) is 13.1 Å². The van der Waals surface area contributed by atoms with E-state index in [-0.39, 0.29) is 18.1 Å². The highest BCUT2D eigenvalue weighted by Crippen LogP contribution is 2.24. The maximum atomic E-state index is 14.5. The van der Waals surface area contributed by atoms with Crippen LogP contribution in [0.15, 0.2) is 23.3 Å². The van der Waals surface area contributed by atoms with Crippen LogP contribution in [0.1, 0.15) is 52.0 Å². The molecule has 8 heteroatoms. The Labute approximate surface area is 163 Å². The van der Waals surface area contributed by atoms with Gasteiger partial charge in [-0.15, -0.1) is 0 Å². The van der Waals surface area contributed by atoms with Crippen molar-refractivity contribution in [2.24, 2.45) is 5.10 Å². The van der Waals surface area contributed by atoms with Crippen molar-refractivity contribution in [3.63, 3.8) is 0 Å². The molecule has 28 heavy (non-hydrogen) atoms. The minimum atomic E-state index is -0.519. The van der Waals surface area contributed by atoms with Gasteiger partial charge in [0.2, 0.25) is 5.91 Å². The van der Waals surface area contributed by atoms with Crippen LogP contribution in [0.3, 0.4) is 0 Å². The Bertz CT molecular complexity index is 780. The van der Waals surface area contributed by atoms with Crippen LogP contribution in [-0.4, -0.2) is 47.4 Å². The molecule has 0 aliphatic carbocycles. The molecule has 1 aromatic carbocycles. The first-order valence-electron chi connectivity index (χ1n) is 9.51. The van der Waals surface area contributed by atoms with Gasteiger partial charge in [-0.1, -0.05) is 0 Å². The molecule has 152 valence electrons. The highest BCUT2D eigenvalue weighted by Gasteiger charge is 2.28. The summed E-state index contributed by atoms with van der Waals surface area (Å²) in [6, 6.07) is 4.67. The van der Waals surface area contributed by atoms with Crippen LogP contribution in [0, 0.1) is 5.82 Å². The zero-order chi connectivity index (χ0) is 20.3. The van der Waals surface area contributed by atoms with E-state index >= 15 is 0 Å². The Hall–Kier alpha value is -2.64. The van der Waals surface area contributed by atoms with E-state index in [0.29, 0.717) is 55.8 Å². The van der Waals surface area contributed by atoms with E-state index in [9.17, 15) is 14.0 Å². The molecule has 0 aromatic heterocycles. The van der Waals surface area contributed by atoms with Gasteiger partial charge in [0, 0.05) is 50.4 Å². The summed E-state index contributed by atoms with van der Waals surface area (Å²) in [7, 11) is 0. The molecule has 0 spiro atoms. The van der Waals surface area contributed by atoms with Crippen molar-refractivity contribution in [2.45, 2.75) is 58.2 Å². The van der Waals surface area contributed by atoms with Gasteiger partial charge in [-0.25, -0.2) is 14.6 Å². The number of hydrogen-bond donors (Lipinski definition) is 1. The highest BCUT2D eigenvalue weighted by molar-refractivity contribution is 6.04. The fourth-order valence-corrected chi connectivity index (χ4v) is 3.15. The summed E-state index contributed by atoms with van der Waals surface area (Å²) in [4.78, 5) is 24.9. The molecular weight excluding hydrogens is 365 g/mol. The Morgan fingerprint density at radius 3 is 2.54 bits per heavy atom. The van der Waals surface area contributed by atoms with Crippen molar-refractivity contribution < 1.29 is 23.5 Å².